The number of ether oxygens (including phenoxy) is 1. The van der Waals surface area contributed by atoms with Crippen molar-refractivity contribution in [2.45, 2.75) is 51.5 Å². The highest BCUT2D eigenvalue weighted by molar-refractivity contribution is 6.22. The fourth-order valence-electron chi connectivity index (χ4n) is 2.93. The third kappa shape index (κ3) is 4.89. The molecule has 1 N–H and O–H groups in total. The molecule has 1 unspecified atom stereocenters. The maximum absolute atomic E-state index is 12.5. The van der Waals surface area contributed by atoms with Crippen LogP contribution in [0.5, 0.6) is 0 Å². The van der Waals surface area contributed by atoms with Crippen molar-refractivity contribution in [1.29, 1.82) is 0 Å². The SMILES string of the molecule is CCCCCCCNC1CC(=O)N(c2ccc(C(=O)OC)cc2)C1=O. The summed E-state index contributed by atoms with van der Waals surface area (Å²) in [5.41, 5.74) is 0.863. The van der Waals surface area contributed by atoms with Crippen molar-refractivity contribution >= 4 is 23.5 Å². The number of benzene rings is 1. The molecule has 1 aromatic rings. The van der Waals surface area contributed by atoms with Crippen LogP contribution in [0.2, 0.25) is 0 Å². The number of nitrogens with one attached hydrogen (secondary N) is 1. The lowest BCUT2D eigenvalue weighted by Gasteiger charge is -2.16. The van der Waals surface area contributed by atoms with Crippen LogP contribution in [-0.2, 0) is 14.3 Å². The average molecular weight is 346 g/mol. The van der Waals surface area contributed by atoms with Crippen molar-refractivity contribution in [2.75, 3.05) is 18.6 Å². The number of hydrogen-bond donors (Lipinski definition) is 1. The Morgan fingerprint density at radius 3 is 2.48 bits per heavy atom. The Hall–Kier alpha value is -2.21. The van der Waals surface area contributed by atoms with Gasteiger partial charge in [-0.15, -0.1) is 0 Å². The van der Waals surface area contributed by atoms with Gasteiger partial charge in [-0.1, -0.05) is 32.6 Å². The average Bonchev–Trinajstić information content (AvgIpc) is 2.91. The lowest BCUT2D eigenvalue weighted by Crippen LogP contribution is -2.39. The molecule has 0 aliphatic carbocycles. The van der Waals surface area contributed by atoms with Gasteiger partial charge in [0.25, 0.3) is 5.91 Å². The lowest BCUT2D eigenvalue weighted by molar-refractivity contribution is -0.121. The number of methoxy groups -OCH3 is 1. The molecule has 1 saturated heterocycles. The summed E-state index contributed by atoms with van der Waals surface area (Å²) >= 11 is 0. The maximum Gasteiger partial charge on any atom is 0.337 e. The van der Waals surface area contributed by atoms with E-state index < -0.39 is 12.0 Å². The zero-order valence-corrected chi connectivity index (χ0v) is 14.9. The van der Waals surface area contributed by atoms with Crippen LogP contribution in [0.3, 0.4) is 0 Å². The molecule has 1 aliphatic rings. The third-order valence-corrected chi connectivity index (χ3v) is 4.36. The van der Waals surface area contributed by atoms with Crippen molar-refractivity contribution in [3.05, 3.63) is 29.8 Å². The van der Waals surface area contributed by atoms with E-state index in [0.29, 0.717) is 11.3 Å². The number of imide groups is 1. The van der Waals surface area contributed by atoms with Crippen LogP contribution >= 0.6 is 0 Å². The van der Waals surface area contributed by atoms with E-state index in [9.17, 15) is 14.4 Å². The molecular formula is C19H26N2O4. The highest BCUT2D eigenvalue weighted by Gasteiger charge is 2.39. The number of unbranched alkanes of at least 4 members (excludes halogenated alkanes) is 4. The Morgan fingerprint density at radius 2 is 1.84 bits per heavy atom. The molecule has 0 spiro atoms. The Bertz CT molecular complexity index is 612. The van der Waals surface area contributed by atoms with Gasteiger partial charge >= 0.3 is 5.97 Å². The van der Waals surface area contributed by atoms with E-state index in [1.807, 2.05) is 0 Å². The minimum absolute atomic E-state index is 0.173. The van der Waals surface area contributed by atoms with Gasteiger partial charge in [-0.2, -0.15) is 0 Å². The second-order valence-electron chi connectivity index (χ2n) is 6.23. The molecule has 1 aliphatic heterocycles. The second kappa shape index (κ2) is 9.32. The summed E-state index contributed by atoms with van der Waals surface area (Å²) in [5.74, 6) is -0.906. The first-order valence-corrected chi connectivity index (χ1v) is 8.87. The highest BCUT2D eigenvalue weighted by atomic mass is 16.5. The zero-order chi connectivity index (χ0) is 18.2. The van der Waals surface area contributed by atoms with Crippen LogP contribution in [-0.4, -0.2) is 37.5 Å². The van der Waals surface area contributed by atoms with Crippen LogP contribution < -0.4 is 10.2 Å². The van der Waals surface area contributed by atoms with Gasteiger partial charge in [0.2, 0.25) is 5.91 Å². The second-order valence-corrected chi connectivity index (χ2v) is 6.23. The lowest BCUT2D eigenvalue weighted by atomic mass is 10.1. The van der Waals surface area contributed by atoms with E-state index in [2.05, 4.69) is 17.0 Å². The standard InChI is InChI=1S/C19H26N2O4/c1-3-4-5-6-7-12-20-16-13-17(22)21(18(16)23)15-10-8-14(9-11-15)19(24)25-2/h8-11,16,20H,3-7,12-13H2,1-2H3. The van der Waals surface area contributed by atoms with E-state index in [4.69, 9.17) is 0 Å². The molecular weight excluding hydrogens is 320 g/mol. The molecule has 2 rings (SSSR count). The van der Waals surface area contributed by atoms with Crippen molar-refractivity contribution in [2.24, 2.45) is 0 Å². The van der Waals surface area contributed by atoms with Crippen molar-refractivity contribution in [3.8, 4) is 0 Å². The van der Waals surface area contributed by atoms with Gasteiger partial charge in [-0.3, -0.25) is 9.59 Å². The van der Waals surface area contributed by atoms with Crippen molar-refractivity contribution < 1.29 is 19.1 Å². The fraction of sp³-hybridized carbons (Fsp3) is 0.526. The van der Waals surface area contributed by atoms with Gasteiger partial charge in [0.15, 0.2) is 0 Å². The summed E-state index contributed by atoms with van der Waals surface area (Å²) in [7, 11) is 1.31. The van der Waals surface area contributed by atoms with Gasteiger partial charge in [-0.25, -0.2) is 9.69 Å². The first kappa shape index (κ1) is 19.1. The first-order valence-electron chi connectivity index (χ1n) is 8.87. The topological polar surface area (TPSA) is 75.7 Å². The largest absolute Gasteiger partial charge is 0.465 e. The van der Waals surface area contributed by atoms with E-state index >= 15 is 0 Å². The van der Waals surface area contributed by atoms with Gasteiger partial charge < -0.3 is 10.1 Å². The van der Waals surface area contributed by atoms with Crippen molar-refractivity contribution in [1.82, 2.24) is 5.32 Å². The smallest absolute Gasteiger partial charge is 0.337 e. The molecule has 136 valence electrons. The number of rotatable bonds is 9. The molecule has 0 radical (unpaired) electrons. The predicted molar refractivity (Wildman–Crippen MR) is 95.4 cm³/mol. The Labute approximate surface area is 148 Å². The molecule has 1 fully saturated rings. The summed E-state index contributed by atoms with van der Waals surface area (Å²) in [6.07, 6.45) is 5.95. The van der Waals surface area contributed by atoms with Gasteiger partial charge in [0, 0.05) is 0 Å². The van der Waals surface area contributed by atoms with Crippen molar-refractivity contribution in [3.63, 3.8) is 0 Å². The molecule has 6 heteroatoms. The van der Waals surface area contributed by atoms with E-state index in [1.54, 1.807) is 24.3 Å². The molecule has 1 atom stereocenters. The summed E-state index contributed by atoms with van der Waals surface area (Å²) in [4.78, 5) is 37.4. The third-order valence-electron chi connectivity index (χ3n) is 4.36. The van der Waals surface area contributed by atoms with Gasteiger partial charge in [0.1, 0.15) is 0 Å². The summed E-state index contributed by atoms with van der Waals surface area (Å²) in [5, 5.41) is 3.19. The fourth-order valence-corrected chi connectivity index (χ4v) is 2.93. The van der Waals surface area contributed by atoms with Crippen LogP contribution in [0.1, 0.15) is 55.8 Å². The quantitative estimate of drug-likeness (QED) is 0.423. The van der Waals surface area contributed by atoms with Crippen LogP contribution in [0.25, 0.3) is 0 Å². The number of nitrogens with zero attached hydrogens (tertiary/aromatic N) is 1. The summed E-state index contributed by atoms with van der Waals surface area (Å²) < 4.78 is 4.64. The number of esters is 1. The van der Waals surface area contributed by atoms with E-state index in [-0.39, 0.29) is 18.2 Å². The number of hydrogen-bond acceptors (Lipinski definition) is 5. The molecule has 25 heavy (non-hydrogen) atoms. The number of anilines is 1. The van der Waals surface area contributed by atoms with E-state index in [1.165, 1.54) is 31.3 Å². The summed E-state index contributed by atoms with van der Waals surface area (Å²) in [6, 6.07) is 5.83. The zero-order valence-electron chi connectivity index (χ0n) is 14.9. The molecule has 0 saturated carbocycles. The Morgan fingerprint density at radius 1 is 1.16 bits per heavy atom. The molecule has 1 heterocycles. The predicted octanol–water partition coefficient (Wildman–Crippen LogP) is 2.67. The Kier molecular flexibility index (Phi) is 7.13. The first-order chi connectivity index (χ1) is 12.1. The highest BCUT2D eigenvalue weighted by Crippen LogP contribution is 2.23. The number of amides is 2. The van der Waals surface area contributed by atoms with Crippen LogP contribution in [0, 0.1) is 0 Å². The maximum atomic E-state index is 12.5. The van der Waals surface area contributed by atoms with E-state index in [0.717, 1.165) is 19.4 Å². The Balaban J connectivity index is 1.91. The van der Waals surface area contributed by atoms with Gasteiger partial charge in [-0.05, 0) is 37.2 Å². The van der Waals surface area contributed by atoms with Gasteiger partial charge in [0.05, 0.1) is 30.8 Å². The molecule has 2 amide bonds. The number of carbonyl (C=O) groups excluding carboxylic acids is 3. The minimum Gasteiger partial charge on any atom is -0.465 e. The van der Waals surface area contributed by atoms with Crippen LogP contribution in [0.4, 0.5) is 5.69 Å². The minimum atomic E-state index is -0.459. The molecule has 6 nitrogen and oxygen atoms in total. The molecule has 0 aromatic heterocycles. The van der Waals surface area contributed by atoms with Crippen LogP contribution in [0.15, 0.2) is 24.3 Å². The molecule has 0 bridgehead atoms. The monoisotopic (exact) mass is 346 g/mol. The normalized spacial score (nSPS) is 17.2. The molecule has 1 aromatic carbocycles. The number of carbonyl (C=O) groups is 3. The summed E-state index contributed by atoms with van der Waals surface area (Å²) in [6.45, 7) is 2.91.